The van der Waals surface area contributed by atoms with Gasteiger partial charge in [0.25, 0.3) is 5.91 Å². The minimum absolute atomic E-state index is 0.147. The summed E-state index contributed by atoms with van der Waals surface area (Å²) in [5.41, 5.74) is 1.13. The van der Waals surface area contributed by atoms with Crippen LogP contribution in [0.2, 0.25) is 0 Å². The predicted octanol–water partition coefficient (Wildman–Crippen LogP) is 4.88. The van der Waals surface area contributed by atoms with Crippen molar-refractivity contribution in [3.05, 3.63) is 34.7 Å². The van der Waals surface area contributed by atoms with Gasteiger partial charge in [0, 0.05) is 43.9 Å². The van der Waals surface area contributed by atoms with E-state index in [9.17, 15) is 9.59 Å². The van der Waals surface area contributed by atoms with E-state index in [4.69, 9.17) is 4.74 Å². The van der Waals surface area contributed by atoms with Crippen molar-refractivity contribution < 1.29 is 14.3 Å². The average molecular weight is 443 g/mol. The molecule has 0 saturated carbocycles. The van der Waals surface area contributed by atoms with Gasteiger partial charge >= 0.3 is 0 Å². The summed E-state index contributed by atoms with van der Waals surface area (Å²) in [6, 6.07) is 8.51. The topological polar surface area (TPSA) is 49.9 Å². The number of piperidine rings is 1. The van der Waals surface area contributed by atoms with Crippen molar-refractivity contribution >= 4 is 33.2 Å². The van der Waals surface area contributed by atoms with Gasteiger partial charge in [-0.25, -0.2) is 0 Å². The van der Waals surface area contributed by atoms with E-state index in [-0.39, 0.29) is 24.0 Å². The summed E-state index contributed by atoms with van der Waals surface area (Å²) in [6.07, 6.45) is 7.24. The molecule has 0 bridgehead atoms. The minimum Gasteiger partial charge on any atom is -0.378 e. The molecule has 6 heteroatoms. The lowest BCUT2D eigenvalue weighted by atomic mass is 9.97. The highest BCUT2D eigenvalue weighted by atomic mass is 32.1. The third-order valence-corrected chi connectivity index (χ3v) is 7.95. The van der Waals surface area contributed by atoms with Gasteiger partial charge in [-0.15, -0.1) is 11.3 Å². The lowest BCUT2D eigenvalue weighted by Crippen LogP contribution is -2.42. The van der Waals surface area contributed by atoms with Crippen LogP contribution in [0.25, 0.3) is 10.1 Å². The maximum absolute atomic E-state index is 13.6. The third kappa shape index (κ3) is 4.96. The molecule has 2 aromatic rings. The second-order valence-corrected chi connectivity index (χ2v) is 9.82. The Kier molecular flexibility index (Phi) is 7.28. The monoisotopic (exact) mass is 442 g/mol. The molecular weight excluding hydrogens is 408 g/mol. The lowest BCUT2D eigenvalue weighted by Gasteiger charge is -2.32. The molecule has 1 unspecified atom stereocenters. The number of likely N-dealkylation sites (tertiary alicyclic amines) is 2. The van der Waals surface area contributed by atoms with E-state index in [1.807, 2.05) is 22.8 Å². The first kappa shape index (κ1) is 22.3. The molecule has 4 rings (SSSR count). The number of rotatable bonds is 5. The number of nitrogens with zero attached hydrogens (tertiary/aromatic N) is 2. The maximum Gasteiger partial charge on any atom is 0.264 e. The summed E-state index contributed by atoms with van der Waals surface area (Å²) >= 11 is 1.61. The van der Waals surface area contributed by atoms with Crippen LogP contribution < -0.4 is 0 Å². The normalized spacial score (nSPS) is 20.8. The molecule has 31 heavy (non-hydrogen) atoms. The van der Waals surface area contributed by atoms with Crippen molar-refractivity contribution in [2.45, 2.75) is 70.9 Å². The van der Waals surface area contributed by atoms with Crippen molar-refractivity contribution in [2.24, 2.45) is 0 Å². The lowest BCUT2D eigenvalue weighted by molar-refractivity contribution is -0.131. The van der Waals surface area contributed by atoms with Crippen LogP contribution in [0.15, 0.2) is 24.3 Å². The van der Waals surface area contributed by atoms with Gasteiger partial charge in [-0.3, -0.25) is 9.59 Å². The Morgan fingerprint density at radius 2 is 1.84 bits per heavy atom. The summed E-state index contributed by atoms with van der Waals surface area (Å²) in [6.45, 7) is 6.77. The van der Waals surface area contributed by atoms with Crippen LogP contribution in [-0.2, 0) is 16.0 Å². The van der Waals surface area contributed by atoms with Crippen LogP contribution >= 0.6 is 11.3 Å². The van der Waals surface area contributed by atoms with Gasteiger partial charge in [-0.05, 0) is 56.0 Å². The Hall–Kier alpha value is -1.92. The molecular formula is C25H34N2O3S. The molecule has 2 aliphatic rings. The number of hydrogen-bond donors (Lipinski definition) is 0. The van der Waals surface area contributed by atoms with Crippen molar-refractivity contribution in [1.82, 2.24) is 9.80 Å². The number of thiophene rings is 1. The highest BCUT2D eigenvalue weighted by Crippen LogP contribution is 2.35. The predicted molar refractivity (Wildman–Crippen MR) is 126 cm³/mol. The van der Waals surface area contributed by atoms with E-state index in [0.717, 1.165) is 79.9 Å². The van der Waals surface area contributed by atoms with Gasteiger partial charge in [-0.1, -0.05) is 31.0 Å². The van der Waals surface area contributed by atoms with Gasteiger partial charge < -0.3 is 14.5 Å². The number of carbonyl (C=O) groups excluding carboxylic acids is 2. The first-order valence-electron chi connectivity index (χ1n) is 11.8. The quantitative estimate of drug-likeness (QED) is 0.663. The fourth-order valence-electron chi connectivity index (χ4n) is 5.12. The van der Waals surface area contributed by atoms with E-state index in [0.29, 0.717) is 0 Å². The Morgan fingerprint density at radius 3 is 2.58 bits per heavy atom. The van der Waals surface area contributed by atoms with Gasteiger partial charge in [0.1, 0.15) is 0 Å². The molecule has 1 atom stereocenters. The van der Waals surface area contributed by atoms with Crippen LogP contribution in [-0.4, -0.2) is 60.0 Å². The highest BCUT2D eigenvalue weighted by Gasteiger charge is 2.30. The zero-order valence-electron chi connectivity index (χ0n) is 18.8. The fraction of sp³-hybridized carbons (Fsp3) is 0.600. The number of hydrogen-bond acceptors (Lipinski definition) is 4. The molecule has 0 spiro atoms. The second kappa shape index (κ2) is 10.1. The van der Waals surface area contributed by atoms with Crippen molar-refractivity contribution in [3.63, 3.8) is 0 Å². The van der Waals surface area contributed by atoms with Crippen molar-refractivity contribution in [3.8, 4) is 0 Å². The Bertz CT molecular complexity index is 917. The van der Waals surface area contributed by atoms with Crippen LogP contribution in [0.4, 0.5) is 0 Å². The highest BCUT2D eigenvalue weighted by molar-refractivity contribution is 7.21. The molecule has 0 radical (unpaired) electrons. The maximum atomic E-state index is 13.6. The van der Waals surface area contributed by atoms with Crippen LogP contribution in [0, 0.1) is 0 Å². The Labute approximate surface area is 189 Å². The number of amides is 2. The Balaban J connectivity index is 1.61. The van der Waals surface area contributed by atoms with Crippen molar-refractivity contribution in [2.75, 3.05) is 26.2 Å². The zero-order chi connectivity index (χ0) is 21.8. The minimum atomic E-state index is 0.147. The van der Waals surface area contributed by atoms with Gasteiger partial charge in [0.05, 0.1) is 11.0 Å². The molecule has 1 aromatic carbocycles. The number of benzene rings is 1. The summed E-state index contributed by atoms with van der Waals surface area (Å²) in [5.74, 6) is 0.298. The molecule has 2 amide bonds. The molecule has 5 nitrogen and oxygen atoms in total. The van der Waals surface area contributed by atoms with E-state index >= 15 is 0 Å². The zero-order valence-corrected chi connectivity index (χ0v) is 19.6. The smallest absolute Gasteiger partial charge is 0.264 e. The van der Waals surface area contributed by atoms with Gasteiger partial charge in [0.2, 0.25) is 5.91 Å². The first-order chi connectivity index (χ1) is 15.1. The number of carbonyl (C=O) groups is 2. The van der Waals surface area contributed by atoms with E-state index in [1.165, 1.54) is 11.8 Å². The van der Waals surface area contributed by atoms with Gasteiger partial charge in [0.15, 0.2) is 0 Å². The first-order valence-corrected chi connectivity index (χ1v) is 12.6. The second-order valence-electron chi connectivity index (χ2n) is 8.77. The van der Waals surface area contributed by atoms with Crippen LogP contribution in [0.3, 0.4) is 0 Å². The molecule has 3 heterocycles. The van der Waals surface area contributed by atoms with Crippen LogP contribution in [0.5, 0.6) is 0 Å². The largest absolute Gasteiger partial charge is 0.378 e. The molecule has 1 aromatic heterocycles. The molecule has 0 aliphatic carbocycles. The van der Waals surface area contributed by atoms with E-state index in [1.54, 1.807) is 18.3 Å². The van der Waals surface area contributed by atoms with Crippen LogP contribution in [0.1, 0.15) is 67.6 Å². The standard InChI is InChI=1S/C25H34N2O3S/c1-3-30-20-12-15-26(16-13-20)25(29)24-22(21-10-6-7-11-23(21)31-24)17-19-9-5-4-8-14-27(19)18(2)28/h6-7,10-11,19-20H,3-5,8-9,12-17H2,1-2H3. The fourth-order valence-corrected chi connectivity index (χ4v) is 6.32. The average Bonchev–Trinajstić information content (AvgIpc) is 2.96. The van der Waals surface area contributed by atoms with Gasteiger partial charge in [-0.2, -0.15) is 0 Å². The SMILES string of the molecule is CCOC1CCN(C(=O)c2sc3ccccc3c2CC2CCCCCN2C(C)=O)CC1. The molecule has 2 aliphatic heterocycles. The number of fused-ring (bicyclic) bond motifs is 1. The summed E-state index contributed by atoms with van der Waals surface area (Å²) in [5, 5.41) is 1.17. The summed E-state index contributed by atoms with van der Waals surface area (Å²) < 4.78 is 6.92. The Morgan fingerprint density at radius 1 is 1.06 bits per heavy atom. The third-order valence-electron chi connectivity index (χ3n) is 6.75. The molecule has 2 saturated heterocycles. The van der Waals surface area contributed by atoms with E-state index in [2.05, 4.69) is 18.2 Å². The molecule has 2 fully saturated rings. The summed E-state index contributed by atoms with van der Waals surface area (Å²) in [7, 11) is 0. The van der Waals surface area contributed by atoms with Crippen molar-refractivity contribution in [1.29, 1.82) is 0 Å². The summed E-state index contributed by atoms with van der Waals surface area (Å²) in [4.78, 5) is 30.8. The number of ether oxygens (including phenoxy) is 1. The molecule has 168 valence electrons. The van der Waals surface area contributed by atoms with E-state index < -0.39 is 0 Å². The molecule has 0 N–H and O–H groups in total.